The third kappa shape index (κ3) is 3.93. The summed E-state index contributed by atoms with van der Waals surface area (Å²) in [6, 6.07) is 3.59. The van der Waals surface area contributed by atoms with Gasteiger partial charge in [-0.1, -0.05) is 6.92 Å². The third-order valence-electron chi connectivity index (χ3n) is 3.36. The number of aromatic nitrogens is 1. The van der Waals surface area contributed by atoms with Crippen molar-refractivity contribution >= 4 is 15.7 Å². The second-order valence-electron chi connectivity index (χ2n) is 5.12. The lowest BCUT2D eigenvalue weighted by Crippen LogP contribution is -2.36. The van der Waals surface area contributed by atoms with Crippen LogP contribution in [0.25, 0.3) is 0 Å². The molecule has 1 fully saturated rings. The van der Waals surface area contributed by atoms with Crippen molar-refractivity contribution in [1.82, 2.24) is 9.29 Å². The standard InChI is InChI=1S/C14H23N3O3S/c1-3-8-15-13-5-4-9-16-14(13)21(18,19)17(10-11-20-2)12-6-7-12/h4-5,9,12,15H,3,6-8,10-11H2,1-2H3. The summed E-state index contributed by atoms with van der Waals surface area (Å²) in [5.74, 6) is 0. The summed E-state index contributed by atoms with van der Waals surface area (Å²) in [4.78, 5) is 4.11. The molecule has 0 amide bonds. The van der Waals surface area contributed by atoms with Gasteiger partial charge in [-0.2, -0.15) is 4.31 Å². The number of methoxy groups -OCH3 is 1. The first-order valence-electron chi connectivity index (χ1n) is 7.31. The molecule has 1 aromatic heterocycles. The average Bonchev–Trinajstić information content (AvgIpc) is 3.30. The Bertz CT molecular complexity index is 558. The quantitative estimate of drug-likeness (QED) is 0.751. The third-order valence-corrected chi connectivity index (χ3v) is 5.27. The lowest BCUT2D eigenvalue weighted by Gasteiger charge is -2.22. The zero-order valence-corrected chi connectivity index (χ0v) is 13.4. The van der Waals surface area contributed by atoms with Crippen LogP contribution in [0.1, 0.15) is 26.2 Å². The van der Waals surface area contributed by atoms with Crippen molar-refractivity contribution in [3.63, 3.8) is 0 Å². The minimum absolute atomic E-state index is 0.0891. The van der Waals surface area contributed by atoms with Crippen molar-refractivity contribution in [3.8, 4) is 0 Å². The SMILES string of the molecule is CCCNc1cccnc1S(=O)(=O)N(CCOC)C1CC1. The maximum atomic E-state index is 12.9. The number of pyridine rings is 1. The van der Waals surface area contributed by atoms with Gasteiger partial charge in [-0.15, -0.1) is 0 Å². The Hall–Kier alpha value is -1.18. The Balaban J connectivity index is 2.28. The van der Waals surface area contributed by atoms with E-state index >= 15 is 0 Å². The molecule has 1 aromatic rings. The van der Waals surface area contributed by atoms with Crippen molar-refractivity contribution in [3.05, 3.63) is 18.3 Å². The van der Waals surface area contributed by atoms with Gasteiger partial charge in [-0.05, 0) is 31.4 Å². The monoisotopic (exact) mass is 313 g/mol. The molecule has 0 aromatic carbocycles. The molecule has 1 heterocycles. The van der Waals surface area contributed by atoms with Gasteiger partial charge in [0, 0.05) is 32.4 Å². The van der Waals surface area contributed by atoms with E-state index in [1.165, 1.54) is 10.5 Å². The highest BCUT2D eigenvalue weighted by molar-refractivity contribution is 7.89. The largest absolute Gasteiger partial charge is 0.383 e. The first-order valence-corrected chi connectivity index (χ1v) is 8.75. The molecule has 0 aliphatic heterocycles. The maximum absolute atomic E-state index is 12.9. The Morgan fingerprint density at radius 3 is 2.86 bits per heavy atom. The van der Waals surface area contributed by atoms with Crippen LogP contribution < -0.4 is 5.32 Å². The van der Waals surface area contributed by atoms with Crippen LogP contribution in [0, 0.1) is 0 Å². The molecule has 0 bridgehead atoms. The highest BCUT2D eigenvalue weighted by Gasteiger charge is 2.39. The van der Waals surface area contributed by atoms with E-state index in [-0.39, 0.29) is 11.1 Å². The van der Waals surface area contributed by atoms with E-state index in [2.05, 4.69) is 10.3 Å². The lowest BCUT2D eigenvalue weighted by molar-refractivity contribution is 0.177. The van der Waals surface area contributed by atoms with E-state index in [0.29, 0.717) is 18.8 Å². The molecule has 7 heteroatoms. The number of hydrogen-bond donors (Lipinski definition) is 1. The first-order chi connectivity index (χ1) is 10.1. The summed E-state index contributed by atoms with van der Waals surface area (Å²) in [7, 11) is -2.02. The van der Waals surface area contributed by atoms with Gasteiger partial charge >= 0.3 is 0 Å². The van der Waals surface area contributed by atoms with E-state index in [1.54, 1.807) is 19.2 Å². The van der Waals surface area contributed by atoms with E-state index in [0.717, 1.165) is 25.8 Å². The smallest absolute Gasteiger partial charge is 0.262 e. The van der Waals surface area contributed by atoms with Crippen LogP contribution in [0.15, 0.2) is 23.4 Å². The summed E-state index contributed by atoms with van der Waals surface area (Å²) in [6.45, 7) is 3.51. The normalized spacial score (nSPS) is 15.4. The summed E-state index contributed by atoms with van der Waals surface area (Å²) < 4.78 is 32.3. The zero-order chi connectivity index (χ0) is 15.3. The number of nitrogens with zero attached hydrogens (tertiary/aromatic N) is 2. The molecule has 6 nitrogen and oxygen atoms in total. The van der Waals surface area contributed by atoms with Crippen molar-refractivity contribution in [2.24, 2.45) is 0 Å². The summed E-state index contributed by atoms with van der Waals surface area (Å²) in [5, 5.41) is 3.25. The Labute approximate surface area is 126 Å². The molecule has 118 valence electrons. The van der Waals surface area contributed by atoms with Gasteiger partial charge in [0.05, 0.1) is 12.3 Å². The fourth-order valence-electron chi connectivity index (χ4n) is 2.14. The molecular formula is C14H23N3O3S. The van der Waals surface area contributed by atoms with E-state index < -0.39 is 10.0 Å². The van der Waals surface area contributed by atoms with E-state index in [4.69, 9.17) is 4.74 Å². The Morgan fingerprint density at radius 2 is 2.24 bits per heavy atom. The van der Waals surface area contributed by atoms with Crippen molar-refractivity contribution in [2.75, 3.05) is 32.1 Å². The maximum Gasteiger partial charge on any atom is 0.262 e. The van der Waals surface area contributed by atoms with E-state index in [9.17, 15) is 8.42 Å². The summed E-state index contributed by atoms with van der Waals surface area (Å²) in [6.07, 6.45) is 4.26. The highest BCUT2D eigenvalue weighted by atomic mass is 32.2. The molecule has 21 heavy (non-hydrogen) atoms. The van der Waals surface area contributed by atoms with Crippen LogP contribution in [-0.4, -0.2) is 50.6 Å². The van der Waals surface area contributed by atoms with Crippen LogP contribution >= 0.6 is 0 Å². The van der Waals surface area contributed by atoms with Gasteiger partial charge in [-0.25, -0.2) is 13.4 Å². The number of sulfonamides is 1. The molecule has 0 atom stereocenters. The highest BCUT2D eigenvalue weighted by Crippen LogP contribution is 2.33. The van der Waals surface area contributed by atoms with Crippen LogP contribution in [0.4, 0.5) is 5.69 Å². The Morgan fingerprint density at radius 1 is 1.48 bits per heavy atom. The number of nitrogens with one attached hydrogen (secondary N) is 1. The van der Waals surface area contributed by atoms with Crippen LogP contribution in [0.5, 0.6) is 0 Å². The fourth-order valence-corrected chi connectivity index (χ4v) is 3.90. The second kappa shape index (κ2) is 7.20. The van der Waals surface area contributed by atoms with Gasteiger partial charge in [0.2, 0.25) is 0 Å². The topological polar surface area (TPSA) is 71.5 Å². The predicted octanol–water partition coefficient (Wildman–Crippen LogP) is 1.70. The van der Waals surface area contributed by atoms with Crippen LogP contribution in [0.2, 0.25) is 0 Å². The van der Waals surface area contributed by atoms with Gasteiger partial charge in [0.25, 0.3) is 10.0 Å². The van der Waals surface area contributed by atoms with Crippen LogP contribution in [0.3, 0.4) is 0 Å². The predicted molar refractivity (Wildman–Crippen MR) is 81.8 cm³/mol. The molecule has 0 unspecified atom stereocenters. The number of rotatable bonds is 9. The lowest BCUT2D eigenvalue weighted by atomic mass is 10.4. The average molecular weight is 313 g/mol. The molecule has 0 radical (unpaired) electrons. The molecular weight excluding hydrogens is 290 g/mol. The minimum atomic E-state index is -3.59. The van der Waals surface area contributed by atoms with Crippen molar-refractivity contribution < 1.29 is 13.2 Å². The van der Waals surface area contributed by atoms with Crippen LogP contribution in [-0.2, 0) is 14.8 Å². The van der Waals surface area contributed by atoms with E-state index in [1.807, 2.05) is 6.92 Å². The van der Waals surface area contributed by atoms with Crippen molar-refractivity contribution in [1.29, 1.82) is 0 Å². The first kappa shape index (κ1) is 16.2. The zero-order valence-electron chi connectivity index (χ0n) is 12.6. The molecule has 0 saturated heterocycles. The van der Waals surface area contributed by atoms with Gasteiger partial charge in [0.1, 0.15) is 0 Å². The summed E-state index contributed by atoms with van der Waals surface area (Å²) >= 11 is 0. The number of hydrogen-bond acceptors (Lipinski definition) is 5. The van der Waals surface area contributed by atoms with Gasteiger partial charge < -0.3 is 10.1 Å². The van der Waals surface area contributed by atoms with Gasteiger partial charge in [0.15, 0.2) is 5.03 Å². The minimum Gasteiger partial charge on any atom is -0.383 e. The van der Waals surface area contributed by atoms with Gasteiger partial charge in [-0.3, -0.25) is 0 Å². The molecule has 1 aliphatic carbocycles. The van der Waals surface area contributed by atoms with Crippen molar-refractivity contribution in [2.45, 2.75) is 37.3 Å². The molecule has 0 spiro atoms. The molecule has 1 N–H and O–H groups in total. The molecule has 2 rings (SSSR count). The molecule has 1 aliphatic rings. The fraction of sp³-hybridized carbons (Fsp3) is 0.643. The summed E-state index contributed by atoms with van der Waals surface area (Å²) in [5.41, 5.74) is 0.572. The second-order valence-corrected chi connectivity index (χ2v) is 6.93. The Kier molecular flexibility index (Phi) is 5.55. The number of ether oxygens (including phenoxy) is 1. The molecule has 1 saturated carbocycles. The number of anilines is 1.